The van der Waals surface area contributed by atoms with E-state index in [2.05, 4.69) is 10.2 Å². The third-order valence-electron chi connectivity index (χ3n) is 3.86. The third kappa shape index (κ3) is 5.02. The first kappa shape index (κ1) is 19.0. The van der Waals surface area contributed by atoms with Gasteiger partial charge in [-0.15, -0.1) is 12.4 Å². The molecule has 2 rings (SSSR count). The summed E-state index contributed by atoms with van der Waals surface area (Å²) in [5.74, 6) is 1.00. The quantitative estimate of drug-likeness (QED) is 0.857. The van der Waals surface area contributed by atoms with E-state index in [0.717, 1.165) is 19.5 Å². The van der Waals surface area contributed by atoms with Gasteiger partial charge in [0.05, 0.1) is 19.3 Å². The number of carbonyl (C=O) groups excluding carboxylic acids is 1. The van der Waals surface area contributed by atoms with E-state index < -0.39 is 0 Å². The fraction of sp³-hybridized carbons (Fsp3) is 0.533. The number of anilines is 1. The normalized spacial score (nSPS) is 19.4. The predicted octanol–water partition coefficient (Wildman–Crippen LogP) is 2.38. The number of hydrogen-bond acceptors (Lipinski definition) is 4. The highest BCUT2D eigenvalue weighted by Crippen LogP contribution is 2.27. The molecule has 2 unspecified atom stereocenters. The molecular weight excluding hydrogens is 325 g/mol. The lowest BCUT2D eigenvalue weighted by molar-refractivity contribution is -0.117. The molecule has 0 aromatic heterocycles. The molecule has 1 fully saturated rings. The number of halogens is 2. The van der Waals surface area contributed by atoms with Crippen LogP contribution in [0.25, 0.3) is 0 Å². The minimum Gasteiger partial charge on any atom is -0.495 e. The summed E-state index contributed by atoms with van der Waals surface area (Å²) in [5.41, 5.74) is 6.51. The Kier molecular flexibility index (Phi) is 7.42. The molecular formula is C15H23Cl2N3O2. The van der Waals surface area contributed by atoms with Crippen molar-refractivity contribution in [3.63, 3.8) is 0 Å². The molecule has 0 aliphatic carbocycles. The van der Waals surface area contributed by atoms with Gasteiger partial charge < -0.3 is 15.8 Å². The van der Waals surface area contributed by atoms with E-state index in [0.29, 0.717) is 28.9 Å². The second kappa shape index (κ2) is 8.58. The maximum absolute atomic E-state index is 12.1. The Labute approximate surface area is 142 Å². The zero-order chi connectivity index (χ0) is 15.4. The van der Waals surface area contributed by atoms with E-state index in [1.807, 2.05) is 6.92 Å². The van der Waals surface area contributed by atoms with Gasteiger partial charge in [-0.05, 0) is 44.0 Å². The summed E-state index contributed by atoms with van der Waals surface area (Å²) in [6, 6.07) is 5.32. The third-order valence-corrected chi connectivity index (χ3v) is 4.09. The Hall–Kier alpha value is -1.01. The maximum atomic E-state index is 12.1. The SMILES string of the molecule is COc1ccc(Cl)cc1NC(=O)CN1CCC(C(C)N)C1.Cl. The van der Waals surface area contributed by atoms with Crippen molar-refractivity contribution in [2.75, 3.05) is 32.1 Å². The molecule has 1 heterocycles. The summed E-state index contributed by atoms with van der Waals surface area (Å²) in [5, 5.41) is 3.41. The summed E-state index contributed by atoms with van der Waals surface area (Å²) in [6.07, 6.45) is 1.05. The number of nitrogens with two attached hydrogens (primary N) is 1. The first-order chi connectivity index (χ1) is 9.99. The number of carbonyl (C=O) groups is 1. The Balaban J connectivity index is 0.00000242. The van der Waals surface area contributed by atoms with E-state index in [-0.39, 0.29) is 24.4 Å². The number of benzene rings is 1. The van der Waals surface area contributed by atoms with Gasteiger partial charge in [-0.25, -0.2) is 0 Å². The van der Waals surface area contributed by atoms with Crippen LogP contribution < -0.4 is 15.8 Å². The summed E-state index contributed by atoms with van der Waals surface area (Å²) in [7, 11) is 1.56. The molecule has 0 saturated carbocycles. The first-order valence-electron chi connectivity index (χ1n) is 7.11. The molecule has 1 aromatic rings. The highest BCUT2D eigenvalue weighted by Gasteiger charge is 2.26. The monoisotopic (exact) mass is 347 g/mol. The molecule has 1 aliphatic heterocycles. The number of methoxy groups -OCH3 is 1. The van der Waals surface area contributed by atoms with E-state index >= 15 is 0 Å². The van der Waals surface area contributed by atoms with Crippen molar-refractivity contribution >= 4 is 35.6 Å². The number of nitrogens with zero attached hydrogens (tertiary/aromatic N) is 1. The Morgan fingerprint density at radius 1 is 1.59 bits per heavy atom. The molecule has 2 atom stereocenters. The van der Waals surface area contributed by atoms with Crippen LogP contribution in [0.15, 0.2) is 18.2 Å². The van der Waals surface area contributed by atoms with Crippen LogP contribution in [-0.4, -0.2) is 43.6 Å². The highest BCUT2D eigenvalue weighted by molar-refractivity contribution is 6.31. The van der Waals surface area contributed by atoms with Crippen molar-refractivity contribution in [2.24, 2.45) is 11.7 Å². The van der Waals surface area contributed by atoms with Gasteiger partial charge in [0.15, 0.2) is 0 Å². The largest absolute Gasteiger partial charge is 0.495 e. The number of hydrogen-bond donors (Lipinski definition) is 2. The van der Waals surface area contributed by atoms with E-state index in [4.69, 9.17) is 22.1 Å². The molecule has 0 bridgehead atoms. The highest BCUT2D eigenvalue weighted by atomic mass is 35.5. The topological polar surface area (TPSA) is 67.6 Å². The molecule has 124 valence electrons. The van der Waals surface area contributed by atoms with Crippen LogP contribution in [0.2, 0.25) is 5.02 Å². The van der Waals surface area contributed by atoms with Crippen molar-refractivity contribution in [2.45, 2.75) is 19.4 Å². The fourth-order valence-corrected chi connectivity index (χ4v) is 2.78. The van der Waals surface area contributed by atoms with Crippen LogP contribution in [0.1, 0.15) is 13.3 Å². The predicted molar refractivity (Wildman–Crippen MR) is 92.1 cm³/mol. The number of likely N-dealkylation sites (tertiary alicyclic amines) is 1. The lowest BCUT2D eigenvalue weighted by Crippen LogP contribution is -2.34. The summed E-state index contributed by atoms with van der Waals surface area (Å²) in [6.45, 7) is 4.16. The molecule has 1 aromatic carbocycles. The van der Waals surface area contributed by atoms with Gasteiger partial charge in [0.1, 0.15) is 5.75 Å². The molecule has 22 heavy (non-hydrogen) atoms. The van der Waals surface area contributed by atoms with Gasteiger partial charge in [-0.1, -0.05) is 11.6 Å². The van der Waals surface area contributed by atoms with Crippen LogP contribution in [0.4, 0.5) is 5.69 Å². The maximum Gasteiger partial charge on any atom is 0.238 e. The Morgan fingerprint density at radius 3 is 2.91 bits per heavy atom. The molecule has 0 radical (unpaired) electrons. The van der Waals surface area contributed by atoms with Crippen molar-refractivity contribution in [1.29, 1.82) is 0 Å². The van der Waals surface area contributed by atoms with E-state index in [1.54, 1.807) is 25.3 Å². The molecule has 1 aliphatic rings. The van der Waals surface area contributed by atoms with Gasteiger partial charge in [0, 0.05) is 17.6 Å². The second-order valence-electron chi connectivity index (χ2n) is 5.54. The van der Waals surface area contributed by atoms with Crippen LogP contribution >= 0.6 is 24.0 Å². The van der Waals surface area contributed by atoms with Crippen LogP contribution in [0.5, 0.6) is 5.75 Å². The van der Waals surface area contributed by atoms with E-state index in [1.165, 1.54) is 0 Å². The van der Waals surface area contributed by atoms with Crippen molar-refractivity contribution < 1.29 is 9.53 Å². The summed E-state index contributed by atoms with van der Waals surface area (Å²) >= 11 is 5.95. The molecule has 1 saturated heterocycles. The minimum atomic E-state index is -0.0686. The molecule has 0 spiro atoms. The van der Waals surface area contributed by atoms with Gasteiger partial charge in [0.25, 0.3) is 0 Å². The molecule has 7 heteroatoms. The minimum absolute atomic E-state index is 0. The average molecular weight is 348 g/mol. The average Bonchev–Trinajstić information content (AvgIpc) is 2.87. The second-order valence-corrected chi connectivity index (χ2v) is 5.97. The zero-order valence-corrected chi connectivity index (χ0v) is 14.4. The Morgan fingerprint density at radius 2 is 2.32 bits per heavy atom. The van der Waals surface area contributed by atoms with Gasteiger partial charge >= 0.3 is 0 Å². The summed E-state index contributed by atoms with van der Waals surface area (Å²) in [4.78, 5) is 14.3. The smallest absolute Gasteiger partial charge is 0.238 e. The lowest BCUT2D eigenvalue weighted by atomic mass is 10.0. The molecule has 5 nitrogen and oxygen atoms in total. The van der Waals surface area contributed by atoms with Crippen LogP contribution in [0.3, 0.4) is 0 Å². The summed E-state index contributed by atoms with van der Waals surface area (Å²) < 4.78 is 5.22. The first-order valence-corrected chi connectivity index (χ1v) is 7.48. The Bertz CT molecular complexity index is 512. The zero-order valence-electron chi connectivity index (χ0n) is 12.8. The van der Waals surface area contributed by atoms with Crippen molar-refractivity contribution in [3.05, 3.63) is 23.2 Å². The fourth-order valence-electron chi connectivity index (χ4n) is 2.61. The number of rotatable bonds is 5. The lowest BCUT2D eigenvalue weighted by Gasteiger charge is -2.18. The number of nitrogens with one attached hydrogen (secondary N) is 1. The standard InChI is InChI=1S/C15H22ClN3O2.ClH/c1-10(17)11-5-6-19(8-11)9-15(20)18-13-7-12(16)3-4-14(13)21-2;/h3-4,7,10-11H,5-6,8-9,17H2,1-2H3,(H,18,20);1H. The van der Waals surface area contributed by atoms with Crippen molar-refractivity contribution in [1.82, 2.24) is 4.90 Å². The van der Waals surface area contributed by atoms with Gasteiger partial charge in [-0.3, -0.25) is 9.69 Å². The molecule has 3 N–H and O–H groups in total. The van der Waals surface area contributed by atoms with E-state index in [9.17, 15) is 4.79 Å². The van der Waals surface area contributed by atoms with Gasteiger partial charge in [0.2, 0.25) is 5.91 Å². The van der Waals surface area contributed by atoms with Crippen molar-refractivity contribution in [3.8, 4) is 5.75 Å². The number of ether oxygens (including phenoxy) is 1. The van der Waals surface area contributed by atoms with Crippen LogP contribution in [-0.2, 0) is 4.79 Å². The molecule has 1 amide bonds. The van der Waals surface area contributed by atoms with Crippen LogP contribution in [0, 0.1) is 5.92 Å². The van der Waals surface area contributed by atoms with Gasteiger partial charge in [-0.2, -0.15) is 0 Å². The number of amides is 1.